The number of rotatable bonds is 4. The van der Waals surface area contributed by atoms with Gasteiger partial charge in [-0.2, -0.15) is 13.2 Å². The molecule has 2 rings (SSSR count). The van der Waals surface area contributed by atoms with Gasteiger partial charge in [0.1, 0.15) is 17.1 Å². The van der Waals surface area contributed by atoms with Crippen molar-refractivity contribution in [1.29, 1.82) is 0 Å². The Hall–Kier alpha value is -2.50. The fourth-order valence-electron chi connectivity index (χ4n) is 1.61. The average molecular weight is 281 g/mol. The van der Waals surface area contributed by atoms with Gasteiger partial charge in [0, 0.05) is 5.69 Å². The number of carbonyl (C=O) groups is 1. The largest absolute Gasteiger partial charge is 0.457 e. The molecule has 0 aliphatic rings. The van der Waals surface area contributed by atoms with Gasteiger partial charge in [0.05, 0.1) is 0 Å². The van der Waals surface area contributed by atoms with Crippen LogP contribution in [0.2, 0.25) is 0 Å². The van der Waals surface area contributed by atoms with E-state index in [1.54, 1.807) is 30.3 Å². The molecule has 0 saturated carbocycles. The van der Waals surface area contributed by atoms with E-state index >= 15 is 0 Å². The van der Waals surface area contributed by atoms with Crippen LogP contribution in [0, 0.1) is 0 Å². The minimum atomic E-state index is -4.58. The summed E-state index contributed by atoms with van der Waals surface area (Å²) in [6, 6.07) is 11.5. The van der Waals surface area contributed by atoms with Gasteiger partial charge in [-0.3, -0.25) is 4.79 Å². The van der Waals surface area contributed by atoms with Gasteiger partial charge in [-0.15, -0.1) is 0 Å². The van der Waals surface area contributed by atoms with Gasteiger partial charge in [-0.25, -0.2) is 0 Å². The number of carbonyl (C=O) groups excluding carboxylic acids is 1. The van der Waals surface area contributed by atoms with Crippen LogP contribution in [0.4, 0.5) is 18.9 Å². The SMILES string of the molecule is O=CNc1ccc(Oc2ccccc2)c(C(F)(F)F)c1. The summed E-state index contributed by atoms with van der Waals surface area (Å²) in [7, 11) is 0. The Kier molecular flexibility index (Phi) is 3.93. The van der Waals surface area contributed by atoms with Crippen LogP contribution >= 0.6 is 0 Å². The van der Waals surface area contributed by atoms with E-state index in [4.69, 9.17) is 4.74 Å². The number of amides is 1. The van der Waals surface area contributed by atoms with Crippen molar-refractivity contribution in [2.45, 2.75) is 6.18 Å². The molecule has 2 aromatic rings. The average Bonchev–Trinajstić information content (AvgIpc) is 2.41. The molecule has 0 unspecified atom stereocenters. The highest BCUT2D eigenvalue weighted by Gasteiger charge is 2.35. The Morgan fingerprint density at radius 1 is 1.05 bits per heavy atom. The van der Waals surface area contributed by atoms with Gasteiger partial charge in [0.15, 0.2) is 0 Å². The van der Waals surface area contributed by atoms with E-state index in [-0.39, 0.29) is 11.4 Å². The lowest BCUT2D eigenvalue weighted by molar-refractivity contribution is -0.138. The Morgan fingerprint density at radius 3 is 2.35 bits per heavy atom. The van der Waals surface area contributed by atoms with Crippen molar-refractivity contribution in [2.75, 3.05) is 5.32 Å². The number of benzene rings is 2. The highest BCUT2D eigenvalue weighted by atomic mass is 19.4. The Labute approximate surface area is 113 Å². The first kappa shape index (κ1) is 13.9. The Morgan fingerprint density at radius 2 is 1.75 bits per heavy atom. The van der Waals surface area contributed by atoms with Crippen molar-refractivity contribution < 1.29 is 22.7 Å². The monoisotopic (exact) mass is 281 g/mol. The fraction of sp³-hybridized carbons (Fsp3) is 0.0714. The van der Waals surface area contributed by atoms with Crippen LogP contribution in [0.25, 0.3) is 0 Å². The summed E-state index contributed by atoms with van der Waals surface area (Å²) in [6.07, 6.45) is -4.27. The highest BCUT2D eigenvalue weighted by molar-refractivity contribution is 5.72. The summed E-state index contributed by atoms with van der Waals surface area (Å²) in [5.41, 5.74) is -0.902. The lowest BCUT2D eigenvalue weighted by Crippen LogP contribution is -2.08. The zero-order chi connectivity index (χ0) is 14.6. The summed E-state index contributed by atoms with van der Waals surface area (Å²) >= 11 is 0. The third-order valence-corrected chi connectivity index (χ3v) is 2.48. The van der Waals surface area contributed by atoms with Crippen molar-refractivity contribution in [3.8, 4) is 11.5 Å². The first-order valence-corrected chi connectivity index (χ1v) is 5.65. The number of hydrogen-bond acceptors (Lipinski definition) is 2. The zero-order valence-corrected chi connectivity index (χ0v) is 10.1. The van der Waals surface area contributed by atoms with Crippen LogP contribution in [0.1, 0.15) is 5.56 Å². The molecule has 0 heterocycles. The lowest BCUT2D eigenvalue weighted by Gasteiger charge is -2.14. The van der Waals surface area contributed by atoms with Gasteiger partial charge < -0.3 is 10.1 Å². The molecule has 0 atom stereocenters. The first-order valence-electron chi connectivity index (χ1n) is 5.65. The molecule has 1 N–H and O–H groups in total. The van der Waals surface area contributed by atoms with Crippen molar-refractivity contribution in [2.24, 2.45) is 0 Å². The maximum Gasteiger partial charge on any atom is 0.420 e. The molecule has 0 bridgehead atoms. The number of hydrogen-bond donors (Lipinski definition) is 1. The van der Waals surface area contributed by atoms with Crippen LogP contribution in [0.3, 0.4) is 0 Å². The van der Waals surface area contributed by atoms with Crippen molar-refractivity contribution in [3.63, 3.8) is 0 Å². The molecule has 0 aliphatic carbocycles. The zero-order valence-electron chi connectivity index (χ0n) is 10.1. The normalized spacial score (nSPS) is 10.9. The van der Waals surface area contributed by atoms with Gasteiger partial charge in [-0.1, -0.05) is 18.2 Å². The van der Waals surface area contributed by atoms with Gasteiger partial charge in [0.25, 0.3) is 0 Å². The minimum absolute atomic E-state index is 0.0488. The van der Waals surface area contributed by atoms with Crippen LogP contribution in [-0.4, -0.2) is 6.41 Å². The molecule has 0 aromatic heterocycles. The number of anilines is 1. The summed E-state index contributed by atoms with van der Waals surface area (Å²) in [5, 5.41) is 2.17. The molecule has 1 amide bonds. The van der Waals surface area contributed by atoms with Crippen molar-refractivity contribution >= 4 is 12.1 Å². The second kappa shape index (κ2) is 5.64. The van der Waals surface area contributed by atoms with E-state index in [9.17, 15) is 18.0 Å². The van der Waals surface area contributed by atoms with E-state index < -0.39 is 11.7 Å². The van der Waals surface area contributed by atoms with Gasteiger partial charge in [-0.05, 0) is 30.3 Å². The summed E-state index contributed by atoms with van der Waals surface area (Å²) < 4.78 is 44.2. The second-order valence-corrected chi connectivity index (χ2v) is 3.89. The lowest BCUT2D eigenvalue weighted by atomic mass is 10.1. The van der Waals surface area contributed by atoms with Gasteiger partial charge >= 0.3 is 6.18 Å². The minimum Gasteiger partial charge on any atom is -0.457 e. The maximum atomic E-state index is 13.0. The molecule has 6 heteroatoms. The maximum absolute atomic E-state index is 13.0. The van der Waals surface area contributed by atoms with E-state index in [1.165, 1.54) is 12.1 Å². The van der Waals surface area contributed by atoms with Crippen molar-refractivity contribution in [1.82, 2.24) is 0 Å². The molecule has 104 valence electrons. The number of halogens is 3. The topological polar surface area (TPSA) is 38.3 Å². The number of nitrogens with one attached hydrogen (secondary N) is 1. The molecular weight excluding hydrogens is 271 g/mol. The van der Waals surface area contributed by atoms with E-state index in [0.717, 1.165) is 6.07 Å². The second-order valence-electron chi connectivity index (χ2n) is 3.89. The van der Waals surface area contributed by atoms with Crippen LogP contribution in [0.15, 0.2) is 48.5 Å². The predicted molar refractivity (Wildman–Crippen MR) is 67.6 cm³/mol. The third kappa shape index (κ3) is 3.28. The standard InChI is InChI=1S/C14H10F3NO2/c15-14(16,17)12-8-10(18-9-19)6-7-13(12)20-11-4-2-1-3-5-11/h1-9H,(H,18,19). The summed E-state index contributed by atoms with van der Waals surface area (Å²) in [4.78, 5) is 10.3. The molecular formula is C14H10F3NO2. The first-order chi connectivity index (χ1) is 9.50. The molecule has 0 radical (unpaired) electrons. The molecule has 0 saturated heterocycles. The number of alkyl halides is 3. The van der Waals surface area contributed by atoms with Crippen LogP contribution in [0.5, 0.6) is 11.5 Å². The summed E-state index contributed by atoms with van der Waals surface area (Å²) in [5.74, 6) is -0.0192. The highest BCUT2D eigenvalue weighted by Crippen LogP contribution is 2.39. The molecule has 2 aromatic carbocycles. The molecule has 0 aliphatic heterocycles. The van der Waals surface area contributed by atoms with Crippen LogP contribution < -0.4 is 10.1 Å². The molecule has 20 heavy (non-hydrogen) atoms. The van der Waals surface area contributed by atoms with Crippen LogP contribution in [-0.2, 0) is 11.0 Å². The molecule has 3 nitrogen and oxygen atoms in total. The quantitative estimate of drug-likeness (QED) is 0.858. The Bertz CT molecular complexity index is 597. The van der Waals surface area contributed by atoms with E-state index in [2.05, 4.69) is 5.32 Å². The number of ether oxygens (including phenoxy) is 1. The van der Waals surface area contributed by atoms with Gasteiger partial charge in [0.2, 0.25) is 6.41 Å². The fourth-order valence-corrected chi connectivity index (χ4v) is 1.61. The summed E-state index contributed by atoms with van der Waals surface area (Å²) in [6.45, 7) is 0. The van der Waals surface area contributed by atoms with Crippen molar-refractivity contribution in [3.05, 3.63) is 54.1 Å². The smallest absolute Gasteiger partial charge is 0.420 e. The van der Waals surface area contributed by atoms with E-state index in [0.29, 0.717) is 12.2 Å². The molecule has 0 fully saturated rings. The molecule has 0 spiro atoms. The number of para-hydroxylation sites is 1. The predicted octanol–water partition coefficient (Wildman–Crippen LogP) is 4.07. The van der Waals surface area contributed by atoms with E-state index in [1.807, 2.05) is 0 Å². The Balaban J connectivity index is 2.39. The third-order valence-electron chi connectivity index (χ3n) is 2.48.